The number of nitrogens with one attached hydrogen (secondary N) is 2. The van der Waals surface area contributed by atoms with Crippen molar-refractivity contribution in [3.05, 3.63) is 53.1 Å². The number of carbonyl (C=O) groups excluding carboxylic acids is 1. The van der Waals surface area contributed by atoms with E-state index in [0.717, 1.165) is 17.7 Å². The standard InChI is InChI=1S/C15H15F2N3O/c1-8-3-4-10(7-13(8)18)19-15(21)20-14-9(2)11(16)5-6-12(14)17/h3-7H,18H2,1-2H3,(H2,19,20,21). The molecule has 0 aliphatic rings. The molecule has 2 aromatic carbocycles. The summed E-state index contributed by atoms with van der Waals surface area (Å²) >= 11 is 0. The van der Waals surface area contributed by atoms with E-state index in [2.05, 4.69) is 10.6 Å². The van der Waals surface area contributed by atoms with Crippen molar-refractivity contribution in [3.8, 4) is 0 Å². The summed E-state index contributed by atoms with van der Waals surface area (Å²) in [7, 11) is 0. The summed E-state index contributed by atoms with van der Waals surface area (Å²) < 4.78 is 27.0. The van der Waals surface area contributed by atoms with Gasteiger partial charge in [-0.25, -0.2) is 13.6 Å². The number of hydrogen-bond acceptors (Lipinski definition) is 2. The summed E-state index contributed by atoms with van der Waals surface area (Å²) in [5.74, 6) is -1.29. The number of anilines is 3. The van der Waals surface area contributed by atoms with Gasteiger partial charge in [0.15, 0.2) is 0 Å². The van der Waals surface area contributed by atoms with E-state index in [1.165, 1.54) is 6.92 Å². The van der Waals surface area contributed by atoms with Gasteiger partial charge in [0.25, 0.3) is 0 Å². The van der Waals surface area contributed by atoms with Crippen LogP contribution in [0, 0.1) is 25.5 Å². The maximum Gasteiger partial charge on any atom is 0.323 e. The van der Waals surface area contributed by atoms with Gasteiger partial charge < -0.3 is 16.4 Å². The number of benzene rings is 2. The van der Waals surface area contributed by atoms with Crippen LogP contribution in [0.2, 0.25) is 0 Å². The van der Waals surface area contributed by atoms with Crippen molar-refractivity contribution in [2.24, 2.45) is 0 Å². The molecule has 0 aliphatic heterocycles. The van der Waals surface area contributed by atoms with Crippen molar-refractivity contribution in [2.75, 3.05) is 16.4 Å². The third-order valence-electron chi connectivity index (χ3n) is 3.12. The summed E-state index contributed by atoms with van der Waals surface area (Å²) in [6, 6.07) is 6.30. The zero-order valence-corrected chi connectivity index (χ0v) is 11.6. The fraction of sp³-hybridized carbons (Fsp3) is 0.133. The predicted molar refractivity (Wildman–Crippen MR) is 79.3 cm³/mol. The number of aryl methyl sites for hydroxylation is 1. The Balaban J connectivity index is 2.15. The Hall–Kier alpha value is -2.63. The largest absolute Gasteiger partial charge is 0.398 e. The van der Waals surface area contributed by atoms with Gasteiger partial charge in [0.05, 0.1) is 5.69 Å². The van der Waals surface area contributed by atoms with Crippen LogP contribution in [0.25, 0.3) is 0 Å². The Morgan fingerprint density at radius 1 is 1.05 bits per heavy atom. The SMILES string of the molecule is Cc1ccc(NC(=O)Nc2c(F)ccc(F)c2C)cc1N. The quantitative estimate of drug-likeness (QED) is 0.736. The number of rotatable bonds is 2. The number of amides is 2. The van der Waals surface area contributed by atoms with Gasteiger partial charge in [-0.2, -0.15) is 0 Å². The zero-order chi connectivity index (χ0) is 15.6. The van der Waals surface area contributed by atoms with Gasteiger partial charge in [-0.3, -0.25) is 0 Å². The fourth-order valence-electron chi connectivity index (χ4n) is 1.80. The highest BCUT2D eigenvalue weighted by molar-refractivity contribution is 6.00. The van der Waals surface area contributed by atoms with Crippen LogP contribution < -0.4 is 16.4 Å². The average Bonchev–Trinajstić information content (AvgIpc) is 2.43. The normalized spacial score (nSPS) is 10.3. The first kappa shape index (κ1) is 14.8. The number of carbonyl (C=O) groups is 1. The highest BCUT2D eigenvalue weighted by Crippen LogP contribution is 2.22. The van der Waals surface area contributed by atoms with Gasteiger partial charge in [0.2, 0.25) is 0 Å². The van der Waals surface area contributed by atoms with Crippen molar-refractivity contribution >= 4 is 23.1 Å². The second-order valence-corrected chi connectivity index (χ2v) is 4.68. The van der Waals surface area contributed by atoms with Crippen LogP contribution in [0.3, 0.4) is 0 Å². The molecule has 0 bridgehead atoms. The molecule has 0 atom stereocenters. The minimum Gasteiger partial charge on any atom is -0.398 e. The Morgan fingerprint density at radius 3 is 2.38 bits per heavy atom. The molecule has 2 amide bonds. The summed E-state index contributed by atoms with van der Waals surface area (Å²) in [5.41, 5.74) is 7.46. The first-order valence-electron chi connectivity index (χ1n) is 6.27. The van der Waals surface area contributed by atoms with Gasteiger partial charge in [-0.1, -0.05) is 6.07 Å². The molecule has 21 heavy (non-hydrogen) atoms. The van der Waals surface area contributed by atoms with Crippen molar-refractivity contribution in [1.29, 1.82) is 0 Å². The summed E-state index contributed by atoms with van der Waals surface area (Å²) in [6.07, 6.45) is 0. The van der Waals surface area contributed by atoms with E-state index in [1.54, 1.807) is 18.2 Å². The molecule has 0 aliphatic carbocycles. The van der Waals surface area contributed by atoms with Crippen LogP contribution in [0.15, 0.2) is 30.3 Å². The average molecular weight is 291 g/mol. The van der Waals surface area contributed by atoms with Crippen LogP contribution >= 0.6 is 0 Å². The number of hydrogen-bond donors (Lipinski definition) is 3. The van der Waals surface area contributed by atoms with Gasteiger partial charge >= 0.3 is 6.03 Å². The summed E-state index contributed by atoms with van der Waals surface area (Å²) in [4.78, 5) is 11.8. The smallest absolute Gasteiger partial charge is 0.323 e. The van der Waals surface area contributed by atoms with Crippen LogP contribution in [-0.2, 0) is 0 Å². The third-order valence-corrected chi connectivity index (χ3v) is 3.12. The summed E-state index contributed by atoms with van der Waals surface area (Å²) in [5, 5.41) is 4.81. The molecule has 0 radical (unpaired) electrons. The molecule has 0 saturated carbocycles. The minimum absolute atomic E-state index is 0.0357. The molecule has 0 spiro atoms. The molecule has 0 unspecified atom stereocenters. The van der Waals surface area contributed by atoms with Crippen LogP contribution in [0.1, 0.15) is 11.1 Å². The van der Waals surface area contributed by atoms with Crippen LogP contribution in [0.5, 0.6) is 0 Å². The number of urea groups is 1. The first-order valence-corrected chi connectivity index (χ1v) is 6.27. The van der Waals surface area contributed by atoms with Crippen LogP contribution in [-0.4, -0.2) is 6.03 Å². The molecule has 0 aromatic heterocycles. The second-order valence-electron chi connectivity index (χ2n) is 4.68. The predicted octanol–water partition coefficient (Wildman–Crippen LogP) is 3.81. The van der Waals surface area contributed by atoms with Crippen LogP contribution in [0.4, 0.5) is 30.6 Å². The van der Waals surface area contributed by atoms with E-state index in [0.29, 0.717) is 11.4 Å². The van der Waals surface area contributed by atoms with Gasteiger partial charge in [0.1, 0.15) is 11.6 Å². The molecule has 2 aromatic rings. The van der Waals surface area contributed by atoms with Gasteiger partial charge in [0, 0.05) is 16.9 Å². The Morgan fingerprint density at radius 2 is 1.71 bits per heavy atom. The van der Waals surface area contributed by atoms with E-state index in [4.69, 9.17) is 5.73 Å². The van der Waals surface area contributed by atoms with Gasteiger partial charge in [-0.15, -0.1) is 0 Å². The maximum absolute atomic E-state index is 13.6. The number of nitrogen functional groups attached to an aromatic ring is 1. The first-order chi connectivity index (χ1) is 9.88. The lowest BCUT2D eigenvalue weighted by atomic mass is 10.2. The highest BCUT2D eigenvalue weighted by Gasteiger charge is 2.13. The second kappa shape index (κ2) is 5.78. The van der Waals surface area contributed by atoms with E-state index in [-0.39, 0.29) is 11.3 Å². The molecular formula is C15H15F2N3O. The van der Waals surface area contributed by atoms with E-state index >= 15 is 0 Å². The molecule has 4 nitrogen and oxygen atoms in total. The van der Waals surface area contributed by atoms with Crippen molar-refractivity contribution in [1.82, 2.24) is 0 Å². The molecule has 6 heteroatoms. The molecule has 110 valence electrons. The monoisotopic (exact) mass is 291 g/mol. The molecule has 0 fully saturated rings. The Kier molecular flexibility index (Phi) is 4.07. The highest BCUT2D eigenvalue weighted by atomic mass is 19.1. The Labute approximate surface area is 121 Å². The maximum atomic E-state index is 13.6. The lowest BCUT2D eigenvalue weighted by Gasteiger charge is -2.12. The third kappa shape index (κ3) is 3.28. The molecule has 2 rings (SSSR count). The summed E-state index contributed by atoms with van der Waals surface area (Å²) in [6.45, 7) is 3.22. The Bertz CT molecular complexity index is 702. The molecule has 4 N–H and O–H groups in total. The van der Waals surface area contributed by atoms with E-state index in [9.17, 15) is 13.6 Å². The minimum atomic E-state index is -0.701. The van der Waals surface area contributed by atoms with E-state index < -0.39 is 17.7 Å². The van der Waals surface area contributed by atoms with E-state index in [1.807, 2.05) is 6.92 Å². The zero-order valence-electron chi connectivity index (χ0n) is 11.6. The van der Waals surface area contributed by atoms with Gasteiger partial charge in [-0.05, 0) is 43.7 Å². The van der Waals surface area contributed by atoms with Crippen molar-refractivity contribution in [2.45, 2.75) is 13.8 Å². The molecule has 0 heterocycles. The lowest BCUT2D eigenvalue weighted by molar-refractivity contribution is 0.262. The van der Waals surface area contributed by atoms with Crippen molar-refractivity contribution < 1.29 is 13.6 Å². The number of nitrogens with two attached hydrogens (primary N) is 1. The number of halogens is 2. The molecule has 0 saturated heterocycles. The lowest BCUT2D eigenvalue weighted by Crippen LogP contribution is -2.21. The van der Waals surface area contributed by atoms with Crippen molar-refractivity contribution in [3.63, 3.8) is 0 Å². The molecular weight excluding hydrogens is 276 g/mol. The topological polar surface area (TPSA) is 67.2 Å². The fourth-order valence-corrected chi connectivity index (χ4v) is 1.80.